The minimum atomic E-state index is -0.195. The van der Waals surface area contributed by atoms with Crippen molar-refractivity contribution >= 4 is 5.91 Å². The zero-order valence-electron chi connectivity index (χ0n) is 14.8. The summed E-state index contributed by atoms with van der Waals surface area (Å²) in [5, 5.41) is 2.97. The second-order valence-electron chi connectivity index (χ2n) is 6.27. The Morgan fingerprint density at radius 2 is 2.08 bits per heavy atom. The lowest BCUT2D eigenvalue weighted by molar-refractivity contribution is -0.126. The van der Waals surface area contributed by atoms with Gasteiger partial charge in [-0.3, -0.25) is 4.79 Å². The number of nitrogens with one attached hydrogen (secondary N) is 1. The molecule has 6 heteroatoms. The van der Waals surface area contributed by atoms with Gasteiger partial charge in [-0.1, -0.05) is 12.1 Å². The number of aromatic nitrogens is 2. The van der Waals surface area contributed by atoms with Gasteiger partial charge in [-0.25, -0.2) is 9.97 Å². The highest BCUT2D eigenvalue weighted by atomic mass is 16.5. The van der Waals surface area contributed by atoms with Crippen LogP contribution < -0.4 is 14.8 Å². The molecular formula is C19H23N3O3. The van der Waals surface area contributed by atoms with Crippen molar-refractivity contribution in [1.82, 2.24) is 15.3 Å². The van der Waals surface area contributed by atoms with Crippen molar-refractivity contribution in [2.24, 2.45) is 5.92 Å². The van der Waals surface area contributed by atoms with Crippen LogP contribution in [-0.2, 0) is 17.6 Å². The minimum Gasteiger partial charge on any atom is -0.493 e. The number of carbonyl (C=O) groups is 1. The number of benzene rings is 1. The molecule has 2 heterocycles. The maximum atomic E-state index is 12.4. The van der Waals surface area contributed by atoms with Crippen molar-refractivity contribution in [2.45, 2.75) is 26.7 Å². The molecule has 1 amide bonds. The summed E-state index contributed by atoms with van der Waals surface area (Å²) >= 11 is 0. The Kier molecular flexibility index (Phi) is 5.16. The number of fused-ring (bicyclic) bond motifs is 1. The molecule has 1 aliphatic heterocycles. The molecule has 1 aromatic carbocycles. The van der Waals surface area contributed by atoms with Crippen LogP contribution in [0.3, 0.4) is 0 Å². The fourth-order valence-corrected chi connectivity index (χ4v) is 3.08. The molecule has 2 aromatic rings. The normalized spacial score (nSPS) is 15.9. The van der Waals surface area contributed by atoms with Crippen LogP contribution in [0.2, 0.25) is 0 Å². The molecule has 0 saturated heterocycles. The van der Waals surface area contributed by atoms with E-state index in [0.717, 1.165) is 28.5 Å². The summed E-state index contributed by atoms with van der Waals surface area (Å²) in [6.07, 6.45) is 1.27. The average Bonchev–Trinajstić information content (AvgIpc) is 2.59. The number of para-hydroxylation sites is 1. The summed E-state index contributed by atoms with van der Waals surface area (Å²) in [7, 11) is 1.62. The Labute approximate surface area is 147 Å². The monoisotopic (exact) mass is 341 g/mol. The van der Waals surface area contributed by atoms with Crippen LogP contribution in [0.25, 0.3) is 0 Å². The van der Waals surface area contributed by atoms with E-state index in [-0.39, 0.29) is 11.8 Å². The second kappa shape index (κ2) is 7.51. The number of hydrogen-bond donors (Lipinski definition) is 1. The molecule has 132 valence electrons. The molecule has 0 saturated carbocycles. The first-order valence-corrected chi connectivity index (χ1v) is 8.44. The lowest BCUT2D eigenvalue weighted by atomic mass is 9.95. The van der Waals surface area contributed by atoms with Crippen LogP contribution in [0.1, 0.15) is 22.8 Å². The highest BCUT2D eigenvalue weighted by molar-refractivity contribution is 5.79. The van der Waals surface area contributed by atoms with Gasteiger partial charge < -0.3 is 14.8 Å². The van der Waals surface area contributed by atoms with E-state index in [9.17, 15) is 4.79 Å². The fourth-order valence-electron chi connectivity index (χ4n) is 3.08. The quantitative estimate of drug-likeness (QED) is 0.901. The number of rotatable bonds is 5. The van der Waals surface area contributed by atoms with E-state index in [2.05, 4.69) is 15.3 Å². The lowest BCUT2D eigenvalue weighted by Crippen LogP contribution is -2.38. The van der Waals surface area contributed by atoms with Crippen molar-refractivity contribution < 1.29 is 14.3 Å². The van der Waals surface area contributed by atoms with Gasteiger partial charge in [0.1, 0.15) is 12.4 Å². The molecule has 0 aliphatic carbocycles. The average molecular weight is 341 g/mol. The standard InChI is InChI=1S/C19H23N3O3/c1-12-9-13(2)22-17(21-12)7-8-20-19(23)15-10-14-5-4-6-16(24-3)18(14)25-11-15/h4-6,9,15H,7-8,10-11H2,1-3H3,(H,20,23)/t15-/m1/s1. The van der Waals surface area contributed by atoms with Gasteiger partial charge >= 0.3 is 0 Å². The number of amides is 1. The Bertz CT molecular complexity index is 756. The number of hydrogen-bond acceptors (Lipinski definition) is 5. The van der Waals surface area contributed by atoms with Gasteiger partial charge in [0, 0.05) is 24.4 Å². The van der Waals surface area contributed by atoms with Gasteiger partial charge in [-0.2, -0.15) is 0 Å². The largest absolute Gasteiger partial charge is 0.493 e. The summed E-state index contributed by atoms with van der Waals surface area (Å²) in [6.45, 7) is 4.77. The van der Waals surface area contributed by atoms with Crippen LogP contribution in [0.4, 0.5) is 0 Å². The van der Waals surface area contributed by atoms with Crippen molar-refractivity contribution in [1.29, 1.82) is 0 Å². The summed E-state index contributed by atoms with van der Waals surface area (Å²) in [5.41, 5.74) is 2.89. The minimum absolute atomic E-state index is 0.00200. The molecular weight excluding hydrogens is 318 g/mol. The van der Waals surface area contributed by atoms with Gasteiger partial charge in [-0.05, 0) is 38.0 Å². The second-order valence-corrected chi connectivity index (χ2v) is 6.27. The zero-order chi connectivity index (χ0) is 17.8. The number of carbonyl (C=O) groups excluding carboxylic acids is 1. The van der Waals surface area contributed by atoms with Crippen LogP contribution >= 0.6 is 0 Å². The molecule has 0 fully saturated rings. The Morgan fingerprint density at radius 1 is 1.32 bits per heavy atom. The highest BCUT2D eigenvalue weighted by Crippen LogP contribution is 2.35. The van der Waals surface area contributed by atoms with Crippen molar-refractivity contribution in [3.8, 4) is 11.5 Å². The number of methoxy groups -OCH3 is 1. The first-order valence-electron chi connectivity index (χ1n) is 8.44. The molecule has 1 aromatic heterocycles. The Hall–Kier alpha value is -2.63. The van der Waals surface area contributed by atoms with Gasteiger partial charge in [0.05, 0.1) is 13.0 Å². The summed E-state index contributed by atoms with van der Waals surface area (Å²) < 4.78 is 11.1. The molecule has 3 rings (SSSR count). The maximum absolute atomic E-state index is 12.4. The molecule has 1 atom stereocenters. The fraction of sp³-hybridized carbons (Fsp3) is 0.421. The van der Waals surface area contributed by atoms with E-state index in [1.165, 1.54) is 0 Å². The summed E-state index contributed by atoms with van der Waals surface area (Å²) in [5.74, 6) is 2.02. The third kappa shape index (κ3) is 4.07. The van der Waals surface area contributed by atoms with Crippen LogP contribution in [0, 0.1) is 19.8 Å². The Morgan fingerprint density at radius 3 is 2.80 bits per heavy atom. The van der Waals surface area contributed by atoms with E-state index in [4.69, 9.17) is 9.47 Å². The SMILES string of the molecule is COc1cccc2c1OC[C@H](C(=O)NCCc1nc(C)cc(C)n1)C2. The summed E-state index contributed by atoms with van der Waals surface area (Å²) in [4.78, 5) is 21.2. The third-order valence-electron chi connectivity index (χ3n) is 4.22. The van der Waals surface area contributed by atoms with E-state index in [0.29, 0.717) is 31.7 Å². The highest BCUT2D eigenvalue weighted by Gasteiger charge is 2.27. The number of aryl methyl sites for hydroxylation is 2. The van der Waals surface area contributed by atoms with Gasteiger partial charge in [0.2, 0.25) is 5.91 Å². The molecule has 0 unspecified atom stereocenters. The lowest BCUT2D eigenvalue weighted by Gasteiger charge is -2.25. The van der Waals surface area contributed by atoms with Crippen LogP contribution in [0.15, 0.2) is 24.3 Å². The molecule has 0 spiro atoms. The smallest absolute Gasteiger partial charge is 0.226 e. The van der Waals surface area contributed by atoms with E-state index < -0.39 is 0 Å². The van der Waals surface area contributed by atoms with Crippen LogP contribution in [0.5, 0.6) is 11.5 Å². The first-order chi connectivity index (χ1) is 12.1. The number of ether oxygens (including phenoxy) is 2. The van der Waals surface area contributed by atoms with Crippen molar-refractivity contribution in [3.63, 3.8) is 0 Å². The molecule has 0 radical (unpaired) electrons. The third-order valence-corrected chi connectivity index (χ3v) is 4.22. The zero-order valence-corrected chi connectivity index (χ0v) is 14.8. The Balaban J connectivity index is 1.55. The van der Waals surface area contributed by atoms with Crippen LogP contribution in [-0.4, -0.2) is 36.1 Å². The van der Waals surface area contributed by atoms with E-state index in [1.54, 1.807) is 7.11 Å². The van der Waals surface area contributed by atoms with Gasteiger partial charge in [0.15, 0.2) is 11.5 Å². The molecule has 6 nitrogen and oxygen atoms in total. The van der Waals surface area contributed by atoms with Crippen molar-refractivity contribution in [3.05, 3.63) is 47.0 Å². The molecule has 0 bridgehead atoms. The van der Waals surface area contributed by atoms with E-state index in [1.807, 2.05) is 38.1 Å². The topological polar surface area (TPSA) is 73.3 Å². The predicted molar refractivity (Wildman–Crippen MR) is 93.9 cm³/mol. The maximum Gasteiger partial charge on any atom is 0.226 e. The van der Waals surface area contributed by atoms with E-state index >= 15 is 0 Å². The molecule has 25 heavy (non-hydrogen) atoms. The molecule has 1 aliphatic rings. The predicted octanol–water partition coefficient (Wildman–Crippen LogP) is 2.01. The number of nitrogens with zero attached hydrogens (tertiary/aromatic N) is 2. The van der Waals surface area contributed by atoms with Gasteiger partial charge in [-0.15, -0.1) is 0 Å². The van der Waals surface area contributed by atoms with Crippen molar-refractivity contribution in [2.75, 3.05) is 20.3 Å². The molecule has 1 N–H and O–H groups in total. The first kappa shape index (κ1) is 17.2. The summed E-state index contributed by atoms with van der Waals surface area (Å²) in [6, 6.07) is 7.69. The van der Waals surface area contributed by atoms with Gasteiger partial charge in [0.25, 0.3) is 0 Å².